The van der Waals surface area contributed by atoms with E-state index in [1.54, 1.807) is 36.6 Å². The van der Waals surface area contributed by atoms with Crippen LogP contribution in [0.5, 0.6) is 17.2 Å². The fourth-order valence-corrected chi connectivity index (χ4v) is 2.93. The van der Waals surface area contributed by atoms with Crippen LogP contribution in [0.2, 0.25) is 0 Å². The summed E-state index contributed by atoms with van der Waals surface area (Å²) in [5, 5.41) is 5.89. The van der Waals surface area contributed by atoms with Crippen LogP contribution in [0.3, 0.4) is 0 Å². The number of nitrogens with zero attached hydrogens (tertiary/aromatic N) is 1. The molecule has 0 radical (unpaired) electrons. The fourth-order valence-electron chi connectivity index (χ4n) is 2.32. The molecule has 0 atom stereocenters. The average Bonchev–Trinajstić information content (AvgIpc) is 3.26. The SMILES string of the molecule is COc1cc(/C=N\NC(=O)COc2ccc(F)cc2)ccc1OCc1cccs1. The van der Waals surface area contributed by atoms with Gasteiger partial charge in [-0.3, -0.25) is 4.79 Å². The molecule has 3 rings (SSSR count). The third-order valence-electron chi connectivity index (χ3n) is 3.72. The Balaban J connectivity index is 1.50. The number of nitrogens with one attached hydrogen (secondary N) is 1. The molecule has 0 fully saturated rings. The maximum atomic E-state index is 12.8. The van der Waals surface area contributed by atoms with Gasteiger partial charge in [-0.05, 0) is 59.5 Å². The summed E-state index contributed by atoms with van der Waals surface area (Å²) in [5.41, 5.74) is 3.10. The number of thiophene rings is 1. The zero-order valence-corrected chi connectivity index (χ0v) is 16.4. The van der Waals surface area contributed by atoms with E-state index in [9.17, 15) is 9.18 Å². The summed E-state index contributed by atoms with van der Waals surface area (Å²) < 4.78 is 29.2. The number of hydrogen-bond acceptors (Lipinski definition) is 6. The van der Waals surface area contributed by atoms with Crippen molar-refractivity contribution in [2.75, 3.05) is 13.7 Å². The van der Waals surface area contributed by atoms with Gasteiger partial charge < -0.3 is 14.2 Å². The molecular weight excluding hydrogens is 395 g/mol. The second kappa shape index (κ2) is 10.2. The molecule has 0 aliphatic rings. The molecule has 0 aliphatic carbocycles. The lowest BCUT2D eigenvalue weighted by Gasteiger charge is -2.10. The third-order valence-corrected chi connectivity index (χ3v) is 4.57. The minimum absolute atomic E-state index is 0.234. The minimum atomic E-state index is -0.437. The predicted molar refractivity (Wildman–Crippen MR) is 109 cm³/mol. The van der Waals surface area contributed by atoms with Crippen LogP contribution in [0.4, 0.5) is 4.39 Å². The molecule has 0 bridgehead atoms. The van der Waals surface area contributed by atoms with E-state index in [0.717, 1.165) is 10.4 Å². The molecule has 0 saturated carbocycles. The van der Waals surface area contributed by atoms with Crippen molar-refractivity contribution in [1.82, 2.24) is 5.43 Å². The van der Waals surface area contributed by atoms with Crippen molar-refractivity contribution in [3.8, 4) is 17.2 Å². The van der Waals surface area contributed by atoms with Gasteiger partial charge in [-0.2, -0.15) is 5.10 Å². The number of carbonyl (C=O) groups excluding carboxylic acids is 1. The van der Waals surface area contributed by atoms with Crippen LogP contribution in [-0.2, 0) is 11.4 Å². The Morgan fingerprint density at radius 2 is 1.97 bits per heavy atom. The van der Waals surface area contributed by atoms with Gasteiger partial charge in [-0.1, -0.05) is 6.07 Å². The van der Waals surface area contributed by atoms with Crippen molar-refractivity contribution in [3.63, 3.8) is 0 Å². The van der Waals surface area contributed by atoms with E-state index in [0.29, 0.717) is 23.9 Å². The molecule has 150 valence electrons. The molecule has 8 heteroatoms. The summed E-state index contributed by atoms with van der Waals surface area (Å²) in [7, 11) is 1.56. The molecule has 3 aromatic rings. The van der Waals surface area contributed by atoms with Crippen molar-refractivity contribution >= 4 is 23.5 Å². The van der Waals surface area contributed by atoms with Crippen molar-refractivity contribution in [2.45, 2.75) is 6.61 Å². The second-order valence-electron chi connectivity index (χ2n) is 5.81. The summed E-state index contributed by atoms with van der Waals surface area (Å²) in [4.78, 5) is 12.9. The smallest absolute Gasteiger partial charge is 0.277 e. The number of hydrazone groups is 1. The molecule has 0 saturated heterocycles. The molecule has 2 aromatic carbocycles. The Labute approximate surface area is 171 Å². The molecule has 0 spiro atoms. The van der Waals surface area contributed by atoms with Gasteiger partial charge in [0.15, 0.2) is 18.1 Å². The Kier molecular flexibility index (Phi) is 7.18. The number of carbonyl (C=O) groups is 1. The largest absolute Gasteiger partial charge is 0.493 e. The van der Waals surface area contributed by atoms with Crippen LogP contribution in [0.25, 0.3) is 0 Å². The zero-order valence-electron chi connectivity index (χ0n) is 15.6. The first-order valence-electron chi connectivity index (χ1n) is 8.67. The van der Waals surface area contributed by atoms with E-state index in [-0.39, 0.29) is 12.4 Å². The summed E-state index contributed by atoms with van der Waals surface area (Å²) in [6, 6.07) is 14.7. The standard InChI is InChI=1S/C21H19FN2O4S/c1-26-20-11-15(4-9-19(20)28-13-18-3-2-10-29-18)12-23-24-21(25)14-27-17-7-5-16(22)6-8-17/h2-12H,13-14H2,1H3,(H,24,25)/b23-12-. The van der Waals surface area contributed by atoms with E-state index >= 15 is 0 Å². The summed E-state index contributed by atoms with van der Waals surface area (Å²) in [6.07, 6.45) is 1.49. The molecule has 1 heterocycles. The molecule has 6 nitrogen and oxygen atoms in total. The van der Waals surface area contributed by atoms with Crippen LogP contribution >= 0.6 is 11.3 Å². The van der Waals surface area contributed by atoms with Gasteiger partial charge in [0.2, 0.25) is 0 Å². The van der Waals surface area contributed by atoms with Gasteiger partial charge in [0, 0.05) is 4.88 Å². The quantitative estimate of drug-likeness (QED) is 0.424. The van der Waals surface area contributed by atoms with Crippen molar-refractivity contribution in [1.29, 1.82) is 0 Å². The van der Waals surface area contributed by atoms with Gasteiger partial charge in [0.1, 0.15) is 18.2 Å². The lowest BCUT2D eigenvalue weighted by atomic mass is 10.2. The number of ether oxygens (including phenoxy) is 3. The first kappa shape index (κ1) is 20.3. The lowest BCUT2D eigenvalue weighted by molar-refractivity contribution is -0.123. The first-order chi connectivity index (χ1) is 14.1. The van der Waals surface area contributed by atoms with Gasteiger partial charge >= 0.3 is 0 Å². The number of hydrogen-bond donors (Lipinski definition) is 1. The van der Waals surface area contributed by atoms with E-state index in [1.807, 2.05) is 17.5 Å². The maximum absolute atomic E-state index is 12.8. The number of methoxy groups -OCH3 is 1. The molecule has 29 heavy (non-hydrogen) atoms. The van der Waals surface area contributed by atoms with Crippen molar-refractivity contribution in [3.05, 3.63) is 76.2 Å². The van der Waals surface area contributed by atoms with Crippen LogP contribution in [-0.4, -0.2) is 25.8 Å². The minimum Gasteiger partial charge on any atom is -0.493 e. The molecule has 1 aromatic heterocycles. The van der Waals surface area contributed by atoms with E-state index in [1.165, 1.54) is 30.5 Å². The summed E-state index contributed by atoms with van der Waals surface area (Å²) in [5.74, 6) is 0.776. The van der Waals surface area contributed by atoms with Gasteiger partial charge in [-0.15, -0.1) is 11.3 Å². The Morgan fingerprint density at radius 1 is 1.14 bits per heavy atom. The Hall–Kier alpha value is -3.39. The highest BCUT2D eigenvalue weighted by molar-refractivity contribution is 7.09. The normalized spacial score (nSPS) is 10.7. The van der Waals surface area contributed by atoms with Gasteiger partial charge in [0.05, 0.1) is 13.3 Å². The van der Waals surface area contributed by atoms with Crippen LogP contribution in [0.15, 0.2) is 65.1 Å². The topological polar surface area (TPSA) is 69.2 Å². The molecule has 0 unspecified atom stereocenters. The molecule has 1 N–H and O–H groups in total. The van der Waals surface area contributed by atoms with E-state index in [4.69, 9.17) is 14.2 Å². The van der Waals surface area contributed by atoms with Crippen molar-refractivity contribution in [2.24, 2.45) is 5.10 Å². The van der Waals surface area contributed by atoms with Crippen molar-refractivity contribution < 1.29 is 23.4 Å². The number of benzene rings is 2. The number of amides is 1. The Bertz CT molecular complexity index is 959. The molecule has 1 amide bonds. The maximum Gasteiger partial charge on any atom is 0.277 e. The predicted octanol–water partition coefficient (Wildman–Crippen LogP) is 4.00. The van der Waals surface area contributed by atoms with Gasteiger partial charge in [0.25, 0.3) is 5.91 Å². The molecular formula is C21H19FN2O4S. The van der Waals surface area contributed by atoms with Gasteiger partial charge in [-0.25, -0.2) is 9.82 Å². The average molecular weight is 414 g/mol. The Morgan fingerprint density at radius 3 is 2.69 bits per heavy atom. The highest BCUT2D eigenvalue weighted by Gasteiger charge is 2.06. The number of halogens is 1. The fraction of sp³-hybridized carbons (Fsp3) is 0.143. The summed E-state index contributed by atoms with van der Waals surface area (Å²) >= 11 is 1.62. The number of rotatable bonds is 9. The van der Waals surface area contributed by atoms with E-state index in [2.05, 4.69) is 10.5 Å². The summed E-state index contributed by atoms with van der Waals surface area (Å²) in [6.45, 7) is 0.230. The lowest BCUT2D eigenvalue weighted by Crippen LogP contribution is -2.24. The van der Waals surface area contributed by atoms with Crippen LogP contribution < -0.4 is 19.6 Å². The molecule has 0 aliphatic heterocycles. The third kappa shape index (κ3) is 6.32. The zero-order chi connectivity index (χ0) is 20.5. The van der Waals surface area contributed by atoms with Crippen LogP contribution in [0.1, 0.15) is 10.4 Å². The second-order valence-corrected chi connectivity index (χ2v) is 6.85. The highest BCUT2D eigenvalue weighted by Crippen LogP contribution is 2.28. The first-order valence-corrected chi connectivity index (χ1v) is 9.55. The monoisotopic (exact) mass is 414 g/mol. The van der Waals surface area contributed by atoms with E-state index < -0.39 is 5.91 Å². The van der Waals surface area contributed by atoms with Crippen LogP contribution in [0, 0.1) is 5.82 Å². The highest BCUT2D eigenvalue weighted by atomic mass is 32.1.